The third-order valence-electron chi connectivity index (χ3n) is 5.27. The van der Waals surface area contributed by atoms with E-state index in [-0.39, 0.29) is 11.7 Å². The van der Waals surface area contributed by atoms with Crippen molar-refractivity contribution < 1.29 is 18.3 Å². The van der Waals surface area contributed by atoms with Crippen LogP contribution in [-0.4, -0.2) is 48.4 Å². The number of benzene rings is 2. The number of carbonyl (C=O) groups excluding carboxylic acids is 1. The zero-order valence-electron chi connectivity index (χ0n) is 18.6. The van der Waals surface area contributed by atoms with Gasteiger partial charge in [0, 0.05) is 46.2 Å². The van der Waals surface area contributed by atoms with Crippen LogP contribution in [0.3, 0.4) is 0 Å². The van der Waals surface area contributed by atoms with E-state index >= 15 is 0 Å². The summed E-state index contributed by atoms with van der Waals surface area (Å²) in [7, 11) is 1.91. The van der Waals surface area contributed by atoms with E-state index in [0.717, 1.165) is 18.1 Å². The van der Waals surface area contributed by atoms with Gasteiger partial charge in [-0.1, -0.05) is 36.4 Å². The standard InChI is InChI=1S/C24H30F2N4O2/c1-3-27-24(29(2)15-18-10-12-21(13-11-18)32-23(25)26)28-14-6-9-22(31)30-16-19-7-4-5-8-20(19)17-30/h4-5,7-8,10-13,23H,3,6,9,14-17H2,1-2H3,(H,27,28). The SMILES string of the molecule is CCNC(=NCCCC(=O)N1Cc2ccccc2C1)N(C)Cc1ccc(OC(F)F)cc1. The molecule has 1 N–H and O–H groups in total. The number of aliphatic imine (C=N–C) groups is 1. The molecule has 0 atom stereocenters. The van der Waals surface area contributed by atoms with Gasteiger partial charge in [-0.05, 0) is 42.2 Å². The van der Waals surface area contributed by atoms with Crippen LogP contribution in [0.15, 0.2) is 53.5 Å². The summed E-state index contributed by atoms with van der Waals surface area (Å²) in [6.45, 7) is 2.36. The first-order chi connectivity index (χ1) is 15.5. The van der Waals surface area contributed by atoms with Gasteiger partial charge >= 0.3 is 6.61 Å². The van der Waals surface area contributed by atoms with Gasteiger partial charge in [0.2, 0.25) is 5.91 Å². The van der Waals surface area contributed by atoms with Gasteiger partial charge < -0.3 is 19.9 Å². The predicted molar refractivity (Wildman–Crippen MR) is 120 cm³/mol. The van der Waals surface area contributed by atoms with Crippen LogP contribution in [0.5, 0.6) is 5.75 Å². The fourth-order valence-corrected chi connectivity index (χ4v) is 3.68. The lowest BCUT2D eigenvalue weighted by Crippen LogP contribution is -2.38. The molecule has 1 aliphatic rings. The predicted octanol–water partition coefficient (Wildman–Crippen LogP) is 4.01. The van der Waals surface area contributed by atoms with E-state index < -0.39 is 6.61 Å². The maximum absolute atomic E-state index is 12.5. The fourth-order valence-electron chi connectivity index (χ4n) is 3.68. The minimum Gasteiger partial charge on any atom is -0.435 e. The largest absolute Gasteiger partial charge is 0.435 e. The summed E-state index contributed by atoms with van der Waals surface area (Å²) < 4.78 is 29.0. The number of ether oxygens (including phenoxy) is 1. The number of hydrogen-bond acceptors (Lipinski definition) is 3. The summed E-state index contributed by atoms with van der Waals surface area (Å²) >= 11 is 0. The second kappa shape index (κ2) is 11.5. The van der Waals surface area contributed by atoms with Crippen molar-refractivity contribution in [2.45, 2.75) is 46.0 Å². The lowest BCUT2D eigenvalue weighted by Gasteiger charge is -2.22. The van der Waals surface area contributed by atoms with Crippen molar-refractivity contribution >= 4 is 11.9 Å². The van der Waals surface area contributed by atoms with Crippen molar-refractivity contribution in [3.05, 3.63) is 65.2 Å². The Balaban J connectivity index is 1.47. The summed E-state index contributed by atoms with van der Waals surface area (Å²) in [4.78, 5) is 21.0. The number of hydrogen-bond donors (Lipinski definition) is 1. The van der Waals surface area contributed by atoms with Gasteiger partial charge in [-0.3, -0.25) is 9.79 Å². The number of halogens is 2. The van der Waals surface area contributed by atoms with Crippen LogP contribution in [0, 0.1) is 0 Å². The topological polar surface area (TPSA) is 57.2 Å². The maximum Gasteiger partial charge on any atom is 0.387 e. The summed E-state index contributed by atoms with van der Waals surface area (Å²) in [5.41, 5.74) is 3.40. The van der Waals surface area contributed by atoms with Crippen LogP contribution in [0.1, 0.15) is 36.5 Å². The molecule has 6 nitrogen and oxygen atoms in total. The highest BCUT2D eigenvalue weighted by molar-refractivity contribution is 5.80. The summed E-state index contributed by atoms with van der Waals surface area (Å²) in [5.74, 6) is 1.03. The first kappa shape index (κ1) is 23.5. The average Bonchev–Trinajstić information content (AvgIpc) is 3.21. The maximum atomic E-state index is 12.5. The van der Waals surface area contributed by atoms with E-state index in [1.807, 2.05) is 35.9 Å². The molecule has 8 heteroatoms. The molecule has 0 aliphatic carbocycles. The third kappa shape index (κ3) is 6.67. The molecule has 1 amide bonds. The number of carbonyl (C=O) groups is 1. The monoisotopic (exact) mass is 444 g/mol. The van der Waals surface area contributed by atoms with E-state index in [1.54, 1.807) is 12.1 Å². The number of alkyl halides is 2. The van der Waals surface area contributed by atoms with E-state index in [1.165, 1.54) is 23.3 Å². The first-order valence-corrected chi connectivity index (χ1v) is 10.8. The van der Waals surface area contributed by atoms with Gasteiger partial charge in [0.15, 0.2) is 5.96 Å². The number of rotatable bonds is 9. The van der Waals surface area contributed by atoms with Crippen LogP contribution < -0.4 is 10.1 Å². The molecule has 0 saturated heterocycles. The number of amides is 1. The minimum absolute atomic E-state index is 0.137. The van der Waals surface area contributed by atoms with E-state index in [0.29, 0.717) is 39.0 Å². The Hall–Kier alpha value is -3.16. The Labute approximate surface area is 187 Å². The van der Waals surface area contributed by atoms with Crippen molar-refractivity contribution in [1.82, 2.24) is 15.1 Å². The van der Waals surface area contributed by atoms with Crippen molar-refractivity contribution in [3.63, 3.8) is 0 Å². The Morgan fingerprint density at radius 1 is 1.16 bits per heavy atom. The normalized spacial score (nSPS) is 13.3. The second-order valence-electron chi connectivity index (χ2n) is 7.74. The lowest BCUT2D eigenvalue weighted by molar-refractivity contribution is -0.131. The summed E-state index contributed by atoms with van der Waals surface area (Å²) in [5, 5.41) is 3.25. The fraction of sp³-hybridized carbons (Fsp3) is 0.417. The number of nitrogens with zero attached hydrogens (tertiary/aromatic N) is 3. The molecule has 0 saturated carbocycles. The molecule has 0 bridgehead atoms. The van der Waals surface area contributed by atoms with Crippen LogP contribution in [0.25, 0.3) is 0 Å². The van der Waals surface area contributed by atoms with Crippen LogP contribution in [0.4, 0.5) is 8.78 Å². The quantitative estimate of drug-likeness (QED) is 0.361. The second-order valence-corrected chi connectivity index (χ2v) is 7.74. The molecular formula is C24H30F2N4O2. The van der Waals surface area contributed by atoms with E-state index in [2.05, 4.69) is 27.2 Å². The highest BCUT2D eigenvalue weighted by Gasteiger charge is 2.22. The molecule has 2 aromatic rings. The molecule has 1 heterocycles. The van der Waals surface area contributed by atoms with Gasteiger partial charge in [-0.25, -0.2) is 0 Å². The zero-order chi connectivity index (χ0) is 22.9. The van der Waals surface area contributed by atoms with Gasteiger partial charge in [0.1, 0.15) is 5.75 Å². The molecule has 0 spiro atoms. The van der Waals surface area contributed by atoms with Gasteiger partial charge in [0.05, 0.1) is 0 Å². The van der Waals surface area contributed by atoms with Crippen molar-refractivity contribution in [3.8, 4) is 5.75 Å². The highest BCUT2D eigenvalue weighted by Crippen LogP contribution is 2.23. The molecule has 0 radical (unpaired) electrons. The lowest BCUT2D eigenvalue weighted by atomic mass is 10.1. The van der Waals surface area contributed by atoms with Crippen molar-refractivity contribution in [1.29, 1.82) is 0 Å². The van der Waals surface area contributed by atoms with Crippen LogP contribution in [0.2, 0.25) is 0 Å². The summed E-state index contributed by atoms with van der Waals surface area (Å²) in [6, 6.07) is 14.7. The molecular weight excluding hydrogens is 414 g/mol. The Morgan fingerprint density at radius 3 is 2.41 bits per heavy atom. The van der Waals surface area contributed by atoms with Gasteiger partial charge in [-0.2, -0.15) is 8.78 Å². The number of nitrogens with one attached hydrogen (secondary N) is 1. The van der Waals surface area contributed by atoms with E-state index in [9.17, 15) is 13.6 Å². The first-order valence-electron chi connectivity index (χ1n) is 10.8. The molecule has 32 heavy (non-hydrogen) atoms. The molecule has 0 unspecified atom stereocenters. The van der Waals surface area contributed by atoms with Gasteiger partial charge in [0.25, 0.3) is 0 Å². The van der Waals surface area contributed by atoms with E-state index in [4.69, 9.17) is 0 Å². The third-order valence-corrected chi connectivity index (χ3v) is 5.27. The van der Waals surface area contributed by atoms with Crippen molar-refractivity contribution in [2.24, 2.45) is 4.99 Å². The number of guanidine groups is 1. The smallest absolute Gasteiger partial charge is 0.387 e. The molecule has 172 valence electrons. The Bertz CT molecular complexity index is 893. The molecule has 3 rings (SSSR count). The number of fused-ring (bicyclic) bond motifs is 1. The average molecular weight is 445 g/mol. The molecule has 0 aromatic heterocycles. The Kier molecular flexibility index (Phi) is 8.41. The minimum atomic E-state index is -2.83. The Morgan fingerprint density at radius 2 is 1.81 bits per heavy atom. The van der Waals surface area contributed by atoms with Gasteiger partial charge in [-0.15, -0.1) is 0 Å². The molecule has 0 fully saturated rings. The highest BCUT2D eigenvalue weighted by atomic mass is 19.3. The van der Waals surface area contributed by atoms with Crippen molar-refractivity contribution in [2.75, 3.05) is 20.1 Å². The zero-order valence-corrected chi connectivity index (χ0v) is 18.6. The van der Waals surface area contributed by atoms with Crippen LogP contribution in [-0.2, 0) is 24.4 Å². The molecule has 1 aliphatic heterocycles. The summed E-state index contributed by atoms with van der Waals surface area (Å²) in [6.07, 6.45) is 1.14. The van der Waals surface area contributed by atoms with Crippen LogP contribution >= 0.6 is 0 Å². The molecule has 2 aromatic carbocycles.